The largest absolute Gasteiger partial charge is 0.344 e. The summed E-state index contributed by atoms with van der Waals surface area (Å²) in [7, 11) is 0. The molecule has 0 unspecified atom stereocenters. The fraction of sp³-hybridized carbons (Fsp3) is 0.438. The van der Waals surface area contributed by atoms with E-state index in [1.807, 2.05) is 4.68 Å². The number of thiazole rings is 1. The predicted molar refractivity (Wildman–Crippen MR) is 99.5 cm³/mol. The van der Waals surface area contributed by atoms with Gasteiger partial charge in [-0.15, -0.1) is 11.3 Å². The normalized spacial score (nSPS) is 16.0. The number of aromatic amines is 1. The zero-order chi connectivity index (χ0) is 18.1. The quantitative estimate of drug-likeness (QED) is 0.631. The zero-order valence-electron chi connectivity index (χ0n) is 14.2. The van der Waals surface area contributed by atoms with Crippen LogP contribution in [0, 0.1) is 0 Å². The average molecular weight is 373 g/mol. The van der Waals surface area contributed by atoms with E-state index in [9.17, 15) is 9.59 Å². The van der Waals surface area contributed by atoms with Gasteiger partial charge >= 0.3 is 0 Å². The van der Waals surface area contributed by atoms with Gasteiger partial charge in [-0.3, -0.25) is 14.6 Å². The molecule has 0 aromatic carbocycles. The van der Waals surface area contributed by atoms with Crippen molar-refractivity contribution in [1.29, 1.82) is 0 Å². The number of nitrogens with zero attached hydrogens (tertiary/aromatic N) is 4. The summed E-state index contributed by atoms with van der Waals surface area (Å²) in [4.78, 5) is 35.8. The number of nitrogens with one attached hydrogen (secondary N) is 3. The van der Waals surface area contributed by atoms with E-state index in [1.54, 1.807) is 24.7 Å². The van der Waals surface area contributed by atoms with Crippen LogP contribution in [0.25, 0.3) is 11.0 Å². The second-order valence-corrected chi connectivity index (χ2v) is 7.27. The number of aromatic nitrogens is 5. The molecule has 0 aliphatic heterocycles. The van der Waals surface area contributed by atoms with Crippen molar-refractivity contribution in [3.8, 4) is 0 Å². The van der Waals surface area contributed by atoms with Crippen LogP contribution in [0.4, 0.5) is 11.1 Å². The van der Waals surface area contributed by atoms with Gasteiger partial charge in [0.15, 0.2) is 10.8 Å². The van der Waals surface area contributed by atoms with Crippen LogP contribution in [0.3, 0.4) is 0 Å². The van der Waals surface area contributed by atoms with Crippen molar-refractivity contribution in [2.24, 2.45) is 0 Å². The van der Waals surface area contributed by atoms with Crippen LogP contribution >= 0.6 is 11.3 Å². The molecule has 10 heteroatoms. The Morgan fingerprint density at radius 3 is 2.96 bits per heavy atom. The molecule has 0 bridgehead atoms. The molecule has 1 fully saturated rings. The molecule has 3 heterocycles. The fourth-order valence-electron chi connectivity index (χ4n) is 3.19. The highest BCUT2D eigenvalue weighted by Crippen LogP contribution is 2.30. The first kappa shape index (κ1) is 16.7. The van der Waals surface area contributed by atoms with Crippen molar-refractivity contribution in [1.82, 2.24) is 24.7 Å². The van der Waals surface area contributed by atoms with Crippen LogP contribution in [0.5, 0.6) is 0 Å². The number of hydrogen-bond donors (Lipinski definition) is 3. The van der Waals surface area contributed by atoms with Crippen molar-refractivity contribution < 1.29 is 4.79 Å². The van der Waals surface area contributed by atoms with Crippen LogP contribution in [-0.2, 0) is 4.79 Å². The lowest BCUT2D eigenvalue weighted by molar-refractivity contribution is -0.116. The third-order valence-corrected chi connectivity index (χ3v) is 5.23. The summed E-state index contributed by atoms with van der Waals surface area (Å²) in [6, 6.07) is -0.317. The van der Waals surface area contributed by atoms with Gasteiger partial charge in [0, 0.05) is 11.6 Å². The van der Waals surface area contributed by atoms with Gasteiger partial charge in [-0.25, -0.2) is 9.67 Å². The SMILES string of the molecule is C[C@@H](Nc1nc2c(cnn2C2CCCC2)c(=O)[nH]1)C(=O)Nc1nccs1. The third-order valence-electron chi connectivity index (χ3n) is 4.54. The highest BCUT2D eigenvalue weighted by atomic mass is 32.1. The Bertz CT molecular complexity index is 972. The minimum atomic E-state index is -0.595. The lowest BCUT2D eigenvalue weighted by atomic mass is 10.2. The fourth-order valence-corrected chi connectivity index (χ4v) is 3.72. The van der Waals surface area contributed by atoms with Crippen LogP contribution in [-0.4, -0.2) is 36.7 Å². The Labute approximate surface area is 152 Å². The van der Waals surface area contributed by atoms with Gasteiger partial charge in [0.25, 0.3) is 5.56 Å². The molecule has 1 saturated carbocycles. The second kappa shape index (κ2) is 6.87. The molecule has 0 saturated heterocycles. The van der Waals surface area contributed by atoms with Crippen molar-refractivity contribution in [2.45, 2.75) is 44.7 Å². The van der Waals surface area contributed by atoms with Gasteiger partial charge in [0.2, 0.25) is 11.9 Å². The molecule has 3 aromatic heterocycles. The predicted octanol–water partition coefficient (Wildman–Crippen LogP) is 2.13. The Balaban J connectivity index is 1.57. The zero-order valence-corrected chi connectivity index (χ0v) is 15.0. The molecular formula is C16H19N7O2S. The third kappa shape index (κ3) is 3.19. The summed E-state index contributed by atoms with van der Waals surface area (Å²) in [6.45, 7) is 1.70. The number of hydrogen-bond acceptors (Lipinski definition) is 7. The van der Waals surface area contributed by atoms with Crippen LogP contribution in [0.1, 0.15) is 38.6 Å². The summed E-state index contributed by atoms with van der Waals surface area (Å²) in [5.41, 5.74) is 0.282. The summed E-state index contributed by atoms with van der Waals surface area (Å²) >= 11 is 1.34. The maximum absolute atomic E-state index is 12.3. The standard InChI is InChI=1S/C16H19N7O2S/c1-9(13(24)22-16-17-6-7-26-16)19-15-20-12-11(14(25)21-15)8-18-23(12)10-4-2-3-5-10/h6-10H,2-5H2,1H3,(H,17,22,24)(H2,19,20,21,25)/t9-/m1/s1. The molecule has 3 N–H and O–H groups in total. The van der Waals surface area contributed by atoms with Crippen LogP contribution in [0.15, 0.2) is 22.6 Å². The minimum Gasteiger partial charge on any atom is -0.344 e. The van der Waals surface area contributed by atoms with Gasteiger partial charge in [-0.05, 0) is 19.8 Å². The van der Waals surface area contributed by atoms with E-state index in [4.69, 9.17) is 0 Å². The van der Waals surface area contributed by atoms with Crippen molar-refractivity contribution in [2.75, 3.05) is 10.6 Å². The second-order valence-electron chi connectivity index (χ2n) is 6.37. The van der Waals surface area contributed by atoms with Gasteiger partial charge in [-0.1, -0.05) is 12.8 Å². The first-order valence-electron chi connectivity index (χ1n) is 8.56. The first-order valence-corrected chi connectivity index (χ1v) is 9.44. The van der Waals surface area contributed by atoms with Gasteiger partial charge < -0.3 is 10.6 Å². The van der Waals surface area contributed by atoms with E-state index in [1.165, 1.54) is 11.3 Å². The maximum atomic E-state index is 12.3. The maximum Gasteiger partial charge on any atom is 0.263 e. The molecule has 1 aliphatic rings. The summed E-state index contributed by atoms with van der Waals surface area (Å²) in [5, 5.41) is 12.8. The molecule has 3 aromatic rings. The van der Waals surface area contributed by atoms with Gasteiger partial charge in [0.1, 0.15) is 11.4 Å². The van der Waals surface area contributed by atoms with E-state index in [0.29, 0.717) is 16.2 Å². The Morgan fingerprint density at radius 2 is 2.23 bits per heavy atom. The van der Waals surface area contributed by atoms with Crippen molar-refractivity contribution >= 4 is 39.4 Å². The number of amides is 1. The molecule has 26 heavy (non-hydrogen) atoms. The van der Waals surface area contributed by atoms with E-state index >= 15 is 0 Å². The smallest absolute Gasteiger partial charge is 0.263 e. The Kier molecular flexibility index (Phi) is 4.41. The first-order chi connectivity index (χ1) is 12.6. The van der Waals surface area contributed by atoms with Gasteiger partial charge in [0.05, 0.1) is 12.2 Å². The van der Waals surface area contributed by atoms with Crippen molar-refractivity contribution in [3.05, 3.63) is 28.1 Å². The molecular weight excluding hydrogens is 354 g/mol. The molecule has 0 radical (unpaired) electrons. The molecule has 0 spiro atoms. The number of anilines is 2. The lowest BCUT2D eigenvalue weighted by Crippen LogP contribution is -2.33. The number of fused-ring (bicyclic) bond motifs is 1. The lowest BCUT2D eigenvalue weighted by Gasteiger charge is -2.14. The molecule has 4 rings (SSSR count). The van der Waals surface area contributed by atoms with E-state index < -0.39 is 6.04 Å². The van der Waals surface area contributed by atoms with Crippen LogP contribution < -0.4 is 16.2 Å². The van der Waals surface area contributed by atoms with Crippen LogP contribution in [0.2, 0.25) is 0 Å². The topological polar surface area (TPSA) is 118 Å². The molecule has 136 valence electrons. The summed E-state index contributed by atoms with van der Waals surface area (Å²) in [6.07, 6.45) is 7.58. The van der Waals surface area contributed by atoms with E-state index in [2.05, 4.69) is 30.7 Å². The van der Waals surface area contributed by atoms with E-state index in [0.717, 1.165) is 25.7 Å². The molecule has 1 atom stereocenters. The number of carbonyl (C=O) groups is 1. The summed E-state index contributed by atoms with van der Waals surface area (Å²) < 4.78 is 1.84. The number of rotatable bonds is 5. The monoisotopic (exact) mass is 373 g/mol. The van der Waals surface area contributed by atoms with E-state index in [-0.39, 0.29) is 23.5 Å². The summed E-state index contributed by atoms with van der Waals surface area (Å²) in [5.74, 6) is -0.00367. The molecule has 9 nitrogen and oxygen atoms in total. The average Bonchev–Trinajstić information content (AvgIpc) is 3.35. The minimum absolute atomic E-state index is 0.254. The molecule has 1 aliphatic carbocycles. The number of carbonyl (C=O) groups excluding carboxylic acids is 1. The Hall–Kier alpha value is -2.75. The highest BCUT2D eigenvalue weighted by molar-refractivity contribution is 7.13. The Morgan fingerprint density at radius 1 is 1.42 bits per heavy atom. The molecule has 1 amide bonds. The highest BCUT2D eigenvalue weighted by Gasteiger charge is 2.22. The van der Waals surface area contributed by atoms with Crippen molar-refractivity contribution in [3.63, 3.8) is 0 Å². The van der Waals surface area contributed by atoms with Gasteiger partial charge in [-0.2, -0.15) is 10.1 Å². The number of H-pyrrole nitrogens is 1.